The van der Waals surface area contributed by atoms with Gasteiger partial charge in [0.1, 0.15) is 6.61 Å². The molecule has 14 heavy (non-hydrogen) atoms. The molecular weight excluding hydrogens is 178 g/mol. The molecule has 0 bridgehead atoms. The Balaban J connectivity index is 2.30. The molecule has 1 heterocycles. The van der Waals surface area contributed by atoms with Crippen LogP contribution in [-0.2, 0) is 4.74 Å². The van der Waals surface area contributed by atoms with E-state index >= 15 is 0 Å². The number of carbonyl (C=O) groups excluding carboxylic acids is 1. The zero-order valence-electron chi connectivity index (χ0n) is 9.56. The van der Waals surface area contributed by atoms with Crippen LogP contribution in [0, 0.1) is 0 Å². The van der Waals surface area contributed by atoms with Gasteiger partial charge in [-0.15, -0.1) is 0 Å². The highest BCUT2D eigenvalue weighted by Crippen LogP contribution is 2.07. The predicted octanol–water partition coefficient (Wildman–Crippen LogP) is 2.11. The standard InChI is InChI=1S/C11H11NO2/c13-11-12(8-9-14-11)7-6-10-4-2-1-3-5-10/h1-7H,8-9H2/b7-6-/i6D,7D. The van der Waals surface area contributed by atoms with Gasteiger partial charge in [-0.2, -0.15) is 0 Å². The lowest BCUT2D eigenvalue weighted by Gasteiger charge is -2.04. The predicted molar refractivity (Wildman–Crippen MR) is 53.5 cm³/mol. The number of hydrogen-bond donors (Lipinski definition) is 0. The van der Waals surface area contributed by atoms with Crippen LogP contribution in [0.15, 0.2) is 36.5 Å². The molecule has 0 saturated carbocycles. The van der Waals surface area contributed by atoms with E-state index in [-0.39, 0.29) is 18.8 Å². The van der Waals surface area contributed by atoms with Gasteiger partial charge in [0, 0.05) is 6.18 Å². The van der Waals surface area contributed by atoms with Crippen LogP contribution >= 0.6 is 0 Å². The number of benzene rings is 1. The fraction of sp³-hybridized carbons (Fsp3) is 0.182. The number of hydrogen-bond acceptors (Lipinski definition) is 2. The molecule has 1 fully saturated rings. The van der Waals surface area contributed by atoms with Crippen molar-refractivity contribution in [2.24, 2.45) is 0 Å². The van der Waals surface area contributed by atoms with Gasteiger partial charge in [0.15, 0.2) is 0 Å². The van der Waals surface area contributed by atoms with E-state index in [1.54, 1.807) is 24.3 Å². The molecule has 0 unspecified atom stereocenters. The van der Waals surface area contributed by atoms with Crippen LogP contribution in [0.4, 0.5) is 4.79 Å². The third kappa shape index (κ3) is 1.93. The summed E-state index contributed by atoms with van der Waals surface area (Å²) in [5, 5.41) is 0. The first-order valence-electron chi connectivity index (χ1n) is 5.37. The van der Waals surface area contributed by atoms with E-state index in [1.165, 1.54) is 0 Å². The molecule has 0 aromatic heterocycles. The Hall–Kier alpha value is -1.77. The Morgan fingerprint density at radius 1 is 1.43 bits per heavy atom. The van der Waals surface area contributed by atoms with Gasteiger partial charge >= 0.3 is 6.09 Å². The van der Waals surface area contributed by atoms with Crippen molar-refractivity contribution in [3.63, 3.8) is 0 Å². The van der Waals surface area contributed by atoms with Crippen LogP contribution in [0.2, 0.25) is 0 Å². The molecule has 0 spiro atoms. The second kappa shape index (κ2) is 3.96. The molecule has 1 amide bonds. The highest BCUT2D eigenvalue weighted by atomic mass is 16.6. The molecule has 3 heteroatoms. The quantitative estimate of drug-likeness (QED) is 0.716. The number of ether oxygens (including phenoxy) is 1. The third-order valence-electron chi connectivity index (χ3n) is 1.87. The van der Waals surface area contributed by atoms with Crippen molar-refractivity contribution in [1.82, 2.24) is 4.90 Å². The van der Waals surface area contributed by atoms with Crippen molar-refractivity contribution in [1.29, 1.82) is 0 Å². The van der Waals surface area contributed by atoms with Crippen molar-refractivity contribution in [2.75, 3.05) is 13.2 Å². The molecular formula is C11H11NO2. The molecule has 2 rings (SSSR count). The van der Waals surface area contributed by atoms with Gasteiger partial charge in [-0.25, -0.2) is 4.79 Å². The normalized spacial score (nSPS) is 19.7. The van der Waals surface area contributed by atoms with Crippen molar-refractivity contribution < 1.29 is 12.3 Å². The smallest absolute Gasteiger partial charge is 0.413 e. The number of cyclic esters (lactones) is 1. The van der Waals surface area contributed by atoms with Gasteiger partial charge in [0.05, 0.1) is 9.29 Å². The number of rotatable bonds is 2. The van der Waals surface area contributed by atoms with Crippen LogP contribution < -0.4 is 0 Å². The van der Waals surface area contributed by atoms with Crippen LogP contribution in [0.3, 0.4) is 0 Å². The Kier molecular flexibility index (Phi) is 1.88. The van der Waals surface area contributed by atoms with Gasteiger partial charge < -0.3 is 4.74 Å². The maximum absolute atomic E-state index is 11.2. The summed E-state index contributed by atoms with van der Waals surface area (Å²) in [6.07, 6.45) is -0.667. The van der Waals surface area contributed by atoms with Crippen LogP contribution in [0.1, 0.15) is 8.30 Å². The monoisotopic (exact) mass is 191 g/mol. The highest BCUT2D eigenvalue weighted by Gasteiger charge is 2.18. The van der Waals surface area contributed by atoms with Gasteiger partial charge in [0.25, 0.3) is 0 Å². The second-order valence-electron chi connectivity index (χ2n) is 2.87. The van der Waals surface area contributed by atoms with Gasteiger partial charge in [0.2, 0.25) is 0 Å². The van der Waals surface area contributed by atoms with Gasteiger partial charge in [-0.05, 0) is 11.6 Å². The minimum Gasteiger partial charge on any atom is -0.447 e. The lowest BCUT2D eigenvalue weighted by Crippen LogP contribution is -2.16. The van der Waals surface area contributed by atoms with E-state index in [0.29, 0.717) is 12.1 Å². The van der Waals surface area contributed by atoms with E-state index in [4.69, 9.17) is 7.48 Å². The zero-order valence-corrected chi connectivity index (χ0v) is 7.56. The van der Waals surface area contributed by atoms with E-state index in [2.05, 4.69) is 0 Å². The lowest BCUT2D eigenvalue weighted by molar-refractivity contribution is 0.166. The first kappa shape index (κ1) is 6.65. The Bertz CT molecular complexity index is 431. The summed E-state index contributed by atoms with van der Waals surface area (Å²) in [5.74, 6) is 0. The van der Waals surface area contributed by atoms with E-state index < -0.39 is 6.09 Å². The molecule has 1 aliphatic heterocycles. The molecule has 0 radical (unpaired) electrons. The van der Waals surface area contributed by atoms with Crippen LogP contribution in [-0.4, -0.2) is 24.1 Å². The molecule has 1 aliphatic rings. The molecule has 3 nitrogen and oxygen atoms in total. The Morgan fingerprint density at radius 3 is 2.86 bits per heavy atom. The van der Waals surface area contributed by atoms with Crippen LogP contribution in [0.5, 0.6) is 0 Å². The number of nitrogens with zero attached hydrogens (tertiary/aromatic N) is 1. The topological polar surface area (TPSA) is 29.5 Å². The largest absolute Gasteiger partial charge is 0.447 e. The average molecular weight is 191 g/mol. The highest BCUT2D eigenvalue weighted by molar-refractivity contribution is 5.71. The van der Waals surface area contributed by atoms with E-state index in [1.807, 2.05) is 6.07 Å². The van der Waals surface area contributed by atoms with E-state index in [0.717, 1.165) is 4.90 Å². The third-order valence-corrected chi connectivity index (χ3v) is 1.87. The first-order chi connectivity index (χ1) is 7.70. The summed E-state index contributed by atoms with van der Waals surface area (Å²) >= 11 is 0. The van der Waals surface area contributed by atoms with Crippen molar-refractivity contribution in [3.05, 3.63) is 42.1 Å². The summed E-state index contributed by atoms with van der Waals surface area (Å²) in [6, 6.07) is 8.92. The maximum Gasteiger partial charge on any atom is 0.413 e. The summed E-state index contributed by atoms with van der Waals surface area (Å²) in [7, 11) is 0. The fourth-order valence-electron chi connectivity index (χ4n) is 1.15. The van der Waals surface area contributed by atoms with Crippen molar-refractivity contribution in [3.8, 4) is 0 Å². The minimum absolute atomic E-state index is 0.0273. The summed E-state index contributed by atoms with van der Waals surface area (Å²) in [6.45, 7) is 0.621. The van der Waals surface area contributed by atoms with Crippen LogP contribution in [0.25, 0.3) is 6.05 Å². The molecule has 1 aromatic rings. The molecule has 1 saturated heterocycles. The molecule has 0 N–H and O–H groups in total. The maximum atomic E-state index is 11.2. The van der Waals surface area contributed by atoms with Crippen molar-refractivity contribution in [2.45, 2.75) is 0 Å². The summed E-state index contributed by atoms with van der Waals surface area (Å²) in [5.41, 5.74) is 0.618. The SMILES string of the molecule is [2H]/C(=C(\[2H])N1CCOC1=O)c1ccccc1. The lowest BCUT2D eigenvalue weighted by atomic mass is 10.2. The molecule has 1 aromatic carbocycles. The second-order valence-corrected chi connectivity index (χ2v) is 2.87. The minimum atomic E-state index is -0.550. The first-order valence-corrected chi connectivity index (χ1v) is 4.37. The molecule has 0 aliphatic carbocycles. The molecule has 72 valence electrons. The number of carbonyl (C=O) groups is 1. The van der Waals surface area contributed by atoms with E-state index in [9.17, 15) is 4.79 Å². The summed E-state index contributed by atoms with van der Waals surface area (Å²) in [4.78, 5) is 12.4. The van der Waals surface area contributed by atoms with Gasteiger partial charge in [-0.1, -0.05) is 30.3 Å². The van der Waals surface area contributed by atoms with Crippen molar-refractivity contribution >= 4 is 12.1 Å². The fourth-order valence-corrected chi connectivity index (χ4v) is 1.15. The van der Waals surface area contributed by atoms with Gasteiger partial charge in [-0.3, -0.25) is 4.90 Å². The molecule has 0 atom stereocenters. The zero-order chi connectivity index (χ0) is 11.5. The average Bonchev–Trinajstić information content (AvgIpc) is 2.75. The summed E-state index contributed by atoms with van der Waals surface area (Å²) < 4.78 is 20.3. The Morgan fingerprint density at radius 2 is 2.21 bits per heavy atom. The Labute approximate surface area is 85.4 Å². The number of amides is 1.